The van der Waals surface area contributed by atoms with Crippen molar-refractivity contribution in [1.82, 2.24) is 20.9 Å². The molecule has 0 aliphatic carbocycles. The summed E-state index contributed by atoms with van der Waals surface area (Å²) < 4.78 is 0. The minimum Gasteiger partial charge on any atom is -0.309 e. The molecular weight excluding hydrogens is 204 g/mol. The second kappa shape index (κ2) is 4.27. The Kier molecular flexibility index (Phi) is 2.98. The van der Waals surface area contributed by atoms with Crippen LogP contribution in [-0.2, 0) is 4.79 Å². The van der Waals surface area contributed by atoms with Crippen molar-refractivity contribution in [2.45, 2.75) is 26.8 Å². The normalized spacial score (nSPS) is 24.3. The zero-order chi connectivity index (χ0) is 11.7. The van der Waals surface area contributed by atoms with Gasteiger partial charge in [0.1, 0.15) is 6.04 Å². The minimum absolute atomic E-state index is 0.116. The van der Waals surface area contributed by atoms with Gasteiger partial charge in [0.05, 0.1) is 0 Å². The van der Waals surface area contributed by atoms with Crippen molar-refractivity contribution in [2.75, 3.05) is 13.1 Å². The Bertz CT molecular complexity index is 357. The maximum Gasteiger partial charge on any atom is 0.252 e. The molecule has 0 radical (unpaired) electrons. The molecule has 0 spiro atoms. The Balaban J connectivity index is 2.16. The van der Waals surface area contributed by atoms with Gasteiger partial charge in [-0.05, 0) is 20.8 Å². The van der Waals surface area contributed by atoms with Crippen molar-refractivity contribution in [2.24, 2.45) is 0 Å². The van der Waals surface area contributed by atoms with Crippen LogP contribution in [0.2, 0.25) is 0 Å². The van der Waals surface area contributed by atoms with Crippen LogP contribution in [0.5, 0.6) is 0 Å². The quantitative estimate of drug-likeness (QED) is 0.662. The first-order valence-corrected chi connectivity index (χ1v) is 5.49. The fraction of sp³-hybridized carbons (Fsp3) is 0.545. The Hall–Kier alpha value is -1.33. The zero-order valence-corrected chi connectivity index (χ0v) is 9.95. The van der Waals surface area contributed by atoms with Gasteiger partial charge in [-0.15, -0.1) is 0 Å². The van der Waals surface area contributed by atoms with E-state index in [0.29, 0.717) is 13.1 Å². The van der Waals surface area contributed by atoms with Crippen LogP contribution >= 0.6 is 0 Å². The molecule has 16 heavy (non-hydrogen) atoms. The smallest absolute Gasteiger partial charge is 0.252 e. The molecule has 0 bridgehead atoms. The lowest BCUT2D eigenvalue weighted by atomic mass is 10.2. The molecule has 1 atom stereocenters. The van der Waals surface area contributed by atoms with Gasteiger partial charge in [0.2, 0.25) is 0 Å². The largest absolute Gasteiger partial charge is 0.309 e. The topological polar surface area (TPSA) is 47.6 Å². The Morgan fingerprint density at radius 3 is 3.06 bits per heavy atom. The second-order valence-electron chi connectivity index (χ2n) is 4.42. The number of amides is 1. The first kappa shape index (κ1) is 11.2. The number of nitrogens with one attached hydrogen (secondary N) is 2. The Labute approximate surface area is 95.7 Å². The molecule has 2 heterocycles. The average Bonchev–Trinajstić information content (AvgIpc) is 2.64. The van der Waals surface area contributed by atoms with Crippen LogP contribution < -0.4 is 11.0 Å². The van der Waals surface area contributed by atoms with E-state index < -0.39 is 0 Å². The summed E-state index contributed by atoms with van der Waals surface area (Å²) in [5, 5.41) is 1.83. The monoisotopic (exact) mass is 222 g/mol. The number of carbonyl (C=O) groups is 1. The van der Waals surface area contributed by atoms with Gasteiger partial charge < -0.3 is 4.90 Å². The summed E-state index contributed by atoms with van der Waals surface area (Å²) in [6, 6.07) is -0.116. The van der Waals surface area contributed by atoms with Crippen LogP contribution in [0.15, 0.2) is 23.5 Å². The van der Waals surface area contributed by atoms with Crippen molar-refractivity contribution in [3.8, 4) is 0 Å². The first-order valence-electron chi connectivity index (χ1n) is 5.49. The van der Waals surface area contributed by atoms with Gasteiger partial charge in [-0.3, -0.25) is 9.80 Å². The fourth-order valence-electron chi connectivity index (χ4n) is 1.87. The number of hydrogen-bond acceptors (Lipinski definition) is 4. The lowest BCUT2D eigenvalue weighted by molar-refractivity contribution is -0.134. The Morgan fingerprint density at radius 2 is 2.38 bits per heavy atom. The third-order valence-electron chi connectivity index (χ3n) is 2.82. The van der Waals surface area contributed by atoms with E-state index in [1.165, 1.54) is 5.57 Å². The summed E-state index contributed by atoms with van der Waals surface area (Å²) in [5.41, 5.74) is 8.11. The molecule has 1 fully saturated rings. The highest BCUT2D eigenvalue weighted by Crippen LogP contribution is 2.18. The number of hydrogen-bond donors (Lipinski definition) is 2. The van der Waals surface area contributed by atoms with Gasteiger partial charge in [-0.2, -0.15) is 5.53 Å². The lowest BCUT2D eigenvalue weighted by Crippen LogP contribution is -2.50. The van der Waals surface area contributed by atoms with Gasteiger partial charge in [0.25, 0.3) is 5.91 Å². The van der Waals surface area contributed by atoms with Crippen LogP contribution in [0.4, 0.5) is 0 Å². The highest BCUT2D eigenvalue weighted by atomic mass is 16.2. The summed E-state index contributed by atoms with van der Waals surface area (Å²) in [5.74, 6) is 0.148. The molecular formula is C11H18N4O. The van der Waals surface area contributed by atoms with E-state index in [1.54, 1.807) is 0 Å². The number of allylic oxidation sites excluding steroid dienone is 2. The molecule has 1 unspecified atom stereocenters. The number of nitrogens with zero attached hydrogens (tertiary/aromatic N) is 2. The van der Waals surface area contributed by atoms with Gasteiger partial charge in [-0.25, -0.2) is 5.43 Å². The third kappa shape index (κ3) is 1.96. The SMILES string of the molecule is CC(C)=CCN1C(=O)C2CNNN2C=C1C. The van der Waals surface area contributed by atoms with Gasteiger partial charge in [0.15, 0.2) is 0 Å². The molecule has 5 heteroatoms. The van der Waals surface area contributed by atoms with Crippen molar-refractivity contribution >= 4 is 5.91 Å². The fourth-order valence-corrected chi connectivity index (χ4v) is 1.87. The summed E-state index contributed by atoms with van der Waals surface area (Å²) >= 11 is 0. The number of hydrazine groups is 2. The third-order valence-corrected chi connectivity index (χ3v) is 2.82. The average molecular weight is 222 g/mol. The van der Waals surface area contributed by atoms with Crippen LogP contribution in [0.25, 0.3) is 0 Å². The maximum atomic E-state index is 12.2. The molecule has 1 amide bonds. The molecule has 0 aromatic carbocycles. The first-order chi connectivity index (χ1) is 7.59. The number of fused-ring (bicyclic) bond motifs is 1. The molecule has 2 N–H and O–H groups in total. The number of carbonyl (C=O) groups excluding carboxylic acids is 1. The molecule has 0 saturated carbocycles. The minimum atomic E-state index is -0.116. The summed E-state index contributed by atoms with van der Waals surface area (Å²) in [6.07, 6.45) is 4.03. The zero-order valence-electron chi connectivity index (χ0n) is 9.95. The Morgan fingerprint density at radius 1 is 1.62 bits per heavy atom. The van der Waals surface area contributed by atoms with Crippen molar-refractivity contribution in [3.05, 3.63) is 23.5 Å². The predicted molar refractivity (Wildman–Crippen MR) is 61.7 cm³/mol. The van der Waals surface area contributed by atoms with E-state index in [0.717, 1.165) is 5.70 Å². The molecule has 88 valence electrons. The molecule has 1 saturated heterocycles. The van der Waals surface area contributed by atoms with Crippen LogP contribution in [0.1, 0.15) is 20.8 Å². The van der Waals surface area contributed by atoms with Gasteiger partial charge in [-0.1, -0.05) is 11.6 Å². The molecule has 2 aliphatic heterocycles. The molecule has 0 aromatic heterocycles. The van der Waals surface area contributed by atoms with E-state index in [-0.39, 0.29) is 11.9 Å². The van der Waals surface area contributed by atoms with E-state index in [4.69, 9.17) is 0 Å². The van der Waals surface area contributed by atoms with Crippen LogP contribution in [-0.4, -0.2) is 34.9 Å². The molecule has 2 rings (SSSR count). The van der Waals surface area contributed by atoms with Crippen LogP contribution in [0.3, 0.4) is 0 Å². The van der Waals surface area contributed by atoms with Gasteiger partial charge >= 0.3 is 0 Å². The maximum absolute atomic E-state index is 12.2. The van der Waals surface area contributed by atoms with E-state index in [9.17, 15) is 4.79 Å². The lowest BCUT2D eigenvalue weighted by Gasteiger charge is -2.34. The van der Waals surface area contributed by atoms with E-state index in [2.05, 4.69) is 17.0 Å². The van der Waals surface area contributed by atoms with Gasteiger partial charge in [0, 0.05) is 25.0 Å². The van der Waals surface area contributed by atoms with E-state index in [1.807, 2.05) is 36.9 Å². The molecule has 0 aromatic rings. The summed E-state index contributed by atoms with van der Waals surface area (Å²) in [6.45, 7) is 7.34. The van der Waals surface area contributed by atoms with Crippen LogP contribution in [0, 0.1) is 0 Å². The molecule has 2 aliphatic rings. The molecule has 5 nitrogen and oxygen atoms in total. The highest BCUT2D eigenvalue weighted by molar-refractivity contribution is 5.85. The second-order valence-corrected chi connectivity index (χ2v) is 4.42. The summed E-state index contributed by atoms with van der Waals surface area (Å²) in [4.78, 5) is 14.0. The highest BCUT2D eigenvalue weighted by Gasteiger charge is 2.36. The van der Waals surface area contributed by atoms with E-state index >= 15 is 0 Å². The standard InChI is InChI=1S/C11H18N4O/c1-8(2)4-5-14-9(3)7-15-10(11(14)16)6-12-13-15/h4,7,10,12-13H,5-6H2,1-3H3. The van der Waals surface area contributed by atoms with Crippen molar-refractivity contribution in [3.63, 3.8) is 0 Å². The number of rotatable bonds is 2. The van der Waals surface area contributed by atoms with Crippen molar-refractivity contribution < 1.29 is 4.79 Å². The predicted octanol–water partition coefficient (Wildman–Crippen LogP) is 0.350. The summed E-state index contributed by atoms with van der Waals surface area (Å²) in [7, 11) is 0. The van der Waals surface area contributed by atoms with Crippen molar-refractivity contribution in [1.29, 1.82) is 0 Å².